The summed E-state index contributed by atoms with van der Waals surface area (Å²) in [6.45, 7) is 0.713. The van der Waals surface area contributed by atoms with Crippen LogP contribution in [0, 0.1) is 0 Å². The fraction of sp³-hybridized carbons (Fsp3) is 0.300. The summed E-state index contributed by atoms with van der Waals surface area (Å²) >= 11 is 9.20. The fourth-order valence-electron chi connectivity index (χ4n) is 1.62. The minimum absolute atomic E-state index is 0.00100. The Hall–Kier alpha value is -0.540. The fourth-order valence-corrected chi connectivity index (χ4v) is 2.48. The lowest BCUT2D eigenvalue weighted by molar-refractivity contribution is 0.0945. The molecule has 4 heteroatoms. The molecule has 0 aliphatic carbocycles. The van der Waals surface area contributed by atoms with Crippen LogP contribution in [-0.2, 0) is 12.3 Å². The van der Waals surface area contributed by atoms with E-state index in [1.165, 1.54) is 0 Å². The highest BCUT2D eigenvalue weighted by Crippen LogP contribution is 2.26. The van der Waals surface area contributed by atoms with Crippen LogP contribution in [0.15, 0.2) is 16.6 Å². The van der Waals surface area contributed by atoms with Crippen molar-refractivity contribution in [3.05, 3.63) is 33.3 Å². The predicted molar refractivity (Wildman–Crippen MR) is 59.7 cm³/mol. The molecule has 0 saturated carbocycles. The molecule has 1 amide bonds. The zero-order chi connectivity index (χ0) is 10.1. The number of hydrogen-bond donors (Lipinski definition) is 1. The Morgan fingerprint density at radius 1 is 1.50 bits per heavy atom. The summed E-state index contributed by atoms with van der Waals surface area (Å²) in [6.07, 6.45) is 0.879. The zero-order valence-corrected chi connectivity index (χ0v) is 9.78. The van der Waals surface area contributed by atoms with E-state index in [4.69, 9.17) is 11.6 Å². The van der Waals surface area contributed by atoms with Gasteiger partial charge in [-0.05, 0) is 29.7 Å². The molecule has 0 unspecified atom stereocenters. The Balaban J connectivity index is 2.57. The highest BCUT2D eigenvalue weighted by atomic mass is 79.9. The van der Waals surface area contributed by atoms with Crippen LogP contribution in [0.25, 0.3) is 0 Å². The molecule has 0 fully saturated rings. The van der Waals surface area contributed by atoms with Gasteiger partial charge >= 0.3 is 0 Å². The molecule has 0 saturated heterocycles. The third kappa shape index (κ3) is 1.66. The van der Waals surface area contributed by atoms with Gasteiger partial charge in [0, 0.05) is 22.5 Å². The maximum absolute atomic E-state index is 11.5. The number of fused-ring (bicyclic) bond motifs is 1. The number of amides is 1. The molecule has 1 heterocycles. The van der Waals surface area contributed by atoms with Crippen LogP contribution in [0.5, 0.6) is 0 Å². The van der Waals surface area contributed by atoms with Gasteiger partial charge < -0.3 is 5.32 Å². The Kier molecular flexibility index (Phi) is 2.79. The average Bonchev–Trinajstić information content (AvgIpc) is 2.19. The first-order valence-corrected chi connectivity index (χ1v) is 5.70. The van der Waals surface area contributed by atoms with Crippen molar-refractivity contribution >= 4 is 33.4 Å². The average molecular weight is 275 g/mol. The summed E-state index contributed by atoms with van der Waals surface area (Å²) < 4.78 is 0.987. The molecule has 1 aliphatic heterocycles. The summed E-state index contributed by atoms with van der Waals surface area (Å²) in [5, 5.41) is 2.81. The van der Waals surface area contributed by atoms with Crippen LogP contribution in [0.1, 0.15) is 21.5 Å². The van der Waals surface area contributed by atoms with Crippen molar-refractivity contribution in [1.82, 2.24) is 5.32 Å². The standard InChI is InChI=1S/C10H9BrClNO/c11-9-4-6(5-12)3-8-7(9)1-2-13-10(8)14/h3-4H,1-2,5H2,(H,13,14). The number of alkyl halides is 1. The smallest absolute Gasteiger partial charge is 0.251 e. The first kappa shape index (κ1) is 9.99. The largest absolute Gasteiger partial charge is 0.352 e. The molecule has 0 radical (unpaired) electrons. The van der Waals surface area contributed by atoms with Crippen molar-refractivity contribution in [3.8, 4) is 0 Å². The second-order valence-corrected chi connectivity index (χ2v) is 4.36. The zero-order valence-electron chi connectivity index (χ0n) is 7.44. The van der Waals surface area contributed by atoms with Gasteiger partial charge in [0.05, 0.1) is 0 Å². The van der Waals surface area contributed by atoms with Crippen molar-refractivity contribution < 1.29 is 4.79 Å². The molecule has 0 bridgehead atoms. The van der Waals surface area contributed by atoms with Gasteiger partial charge in [-0.15, -0.1) is 11.6 Å². The van der Waals surface area contributed by atoms with Crippen LogP contribution in [-0.4, -0.2) is 12.5 Å². The molecule has 1 N–H and O–H groups in total. The van der Waals surface area contributed by atoms with Crippen molar-refractivity contribution in [2.24, 2.45) is 0 Å². The lowest BCUT2D eigenvalue weighted by atomic mass is 9.98. The topological polar surface area (TPSA) is 29.1 Å². The highest BCUT2D eigenvalue weighted by Gasteiger charge is 2.19. The van der Waals surface area contributed by atoms with Crippen molar-refractivity contribution in [2.75, 3.05) is 6.54 Å². The van der Waals surface area contributed by atoms with Crippen LogP contribution in [0.3, 0.4) is 0 Å². The predicted octanol–water partition coefficient (Wildman–Crippen LogP) is 2.47. The normalized spacial score (nSPS) is 14.9. The van der Waals surface area contributed by atoms with Crippen LogP contribution in [0.2, 0.25) is 0 Å². The van der Waals surface area contributed by atoms with Crippen molar-refractivity contribution in [2.45, 2.75) is 12.3 Å². The van der Waals surface area contributed by atoms with Gasteiger partial charge in [-0.3, -0.25) is 4.79 Å². The summed E-state index contributed by atoms with van der Waals surface area (Å²) in [7, 11) is 0. The minimum Gasteiger partial charge on any atom is -0.352 e. The molecular formula is C10H9BrClNO. The number of hydrogen-bond acceptors (Lipinski definition) is 1. The van der Waals surface area contributed by atoms with E-state index in [2.05, 4.69) is 21.2 Å². The van der Waals surface area contributed by atoms with E-state index in [1.54, 1.807) is 0 Å². The molecule has 2 rings (SSSR count). The minimum atomic E-state index is -0.00100. The van der Waals surface area contributed by atoms with Gasteiger partial charge in [-0.2, -0.15) is 0 Å². The van der Waals surface area contributed by atoms with Crippen LogP contribution < -0.4 is 5.32 Å². The summed E-state index contributed by atoms with van der Waals surface area (Å²) in [5.74, 6) is 0.429. The SMILES string of the molecule is O=C1NCCc2c(Br)cc(CCl)cc21. The number of rotatable bonds is 1. The van der Waals surface area contributed by atoms with Gasteiger partial charge in [0.25, 0.3) is 5.91 Å². The Labute approximate surface area is 95.8 Å². The summed E-state index contributed by atoms with van der Waals surface area (Å²) in [4.78, 5) is 11.5. The number of carbonyl (C=O) groups excluding carboxylic acids is 1. The molecule has 0 aromatic heterocycles. The highest BCUT2D eigenvalue weighted by molar-refractivity contribution is 9.10. The molecule has 1 aliphatic rings. The first-order valence-electron chi connectivity index (χ1n) is 4.38. The Morgan fingerprint density at radius 2 is 2.29 bits per heavy atom. The van der Waals surface area contributed by atoms with Gasteiger partial charge in [0.15, 0.2) is 0 Å². The van der Waals surface area contributed by atoms with E-state index in [-0.39, 0.29) is 5.91 Å². The third-order valence-electron chi connectivity index (χ3n) is 2.31. The van der Waals surface area contributed by atoms with Gasteiger partial charge in [-0.25, -0.2) is 0 Å². The summed E-state index contributed by atoms with van der Waals surface area (Å²) in [5.41, 5.74) is 2.80. The molecule has 74 valence electrons. The Morgan fingerprint density at radius 3 is 3.00 bits per heavy atom. The van der Waals surface area contributed by atoms with E-state index in [0.29, 0.717) is 12.4 Å². The Bertz CT molecular complexity index is 392. The number of benzene rings is 1. The molecule has 2 nitrogen and oxygen atoms in total. The van der Waals surface area contributed by atoms with E-state index >= 15 is 0 Å². The lowest BCUT2D eigenvalue weighted by Gasteiger charge is -2.18. The number of nitrogens with one attached hydrogen (secondary N) is 1. The second kappa shape index (κ2) is 3.91. The molecule has 0 spiro atoms. The number of halogens is 2. The number of carbonyl (C=O) groups is 1. The monoisotopic (exact) mass is 273 g/mol. The third-order valence-corrected chi connectivity index (χ3v) is 3.33. The van der Waals surface area contributed by atoms with Crippen molar-refractivity contribution in [3.63, 3.8) is 0 Å². The molecule has 0 atom stereocenters. The van der Waals surface area contributed by atoms with Gasteiger partial charge in [-0.1, -0.05) is 15.9 Å². The van der Waals surface area contributed by atoms with Crippen molar-refractivity contribution in [1.29, 1.82) is 0 Å². The van der Waals surface area contributed by atoms with E-state index in [0.717, 1.165) is 27.6 Å². The lowest BCUT2D eigenvalue weighted by Crippen LogP contribution is -2.32. The molecular weight excluding hydrogens is 265 g/mol. The van der Waals surface area contributed by atoms with Crippen LogP contribution >= 0.6 is 27.5 Å². The molecule has 14 heavy (non-hydrogen) atoms. The maximum atomic E-state index is 11.5. The molecule has 1 aromatic rings. The van der Waals surface area contributed by atoms with E-state index in [9.17, 15) is 4.79 Å². The summed E-state index contributed by atoms with van der Waals surface area (Å²) in [6, 6.07) is 3.84. The van der Waals surface area contributed by atoms with E-state index < -0.39 is 0 Å². The maximum Gasteiger partial charge on any atom is 0.251 e. The quantitative estimate of drug-likeness (QED) is 0.783. The van der Waals surface area contributed by atoms with Crippen LogP contribution in [0.4, 0.5) is 0 Å². The second-order valence-electron chi connectivity index (χ2n) is 3.24. The van der Waals surface area contributed by atoms with E-state index in [1.807, 2.05) is 12.1 Å². The molecule has 1 aromatic carbocycles. The van der Waals surface area contributed by atoms with Gasteiger partial charge in [0.1, 0.15) is 0 Å². The first-order chi connectivity index (χ1) is 6.72. The van der Waals surface area contributed by atoms with Gasteiger partial charge in [0.2, 0.25) is 0 Å².